The number of nitrogens with one attached hydrogen (secondary N) is 1. The number of anilines is 2. The van der Waals surface area contributed by atoms with Crippen LogP contribution in [0.15, 0.2) is 18.5 Å². The lowest BCUT2D eigenvalue weighted by molar-refractivity contribution is 0.521. The Kier molecular flexibility index (Phi) is 3.96. The van der Waals surface area contributed by atoms with Crippen LogP contribution in [0, 0.1) is 5.92 Å². The highest BCUT2D eigenvalue weighted by Crippen LogP contribution is 2.20. The van der Waals surface area contributed by atoms with Gasteiger partial charge in [0.15, 0.2) is 0 Å². The first-order valence-electron chi connectivity index (χ1n) is 7.24. The fourth-order valence-electron chi connectivity index (χ4n) is 2.51. The zero-order chi connectivity index (χ0) is 14.7. The van der Waals surface area contributed by atoms with E-state index in [1.807, 2.05) is 6.07 Å². The molecule has 1 aliphatic rings. The Morgan fingerprint density at radius 1 is 1.19 bits per heavy atom. The molecular weight excluding hydrogens is 268 g/mol. The summed E-state index contributed by atoms with van der Waals surface area (Å²) in [5, 5.41) is 4.16. The van der Waals surface area contributed by atoms with E-state index in [0.717, 1.165) is 31.8 Å². The number of nitrogens with two attached hydrogens (primary N) is 1. The monoisotopic (exact) mass is 288 g/mol. The van der Waals surface area contributed by atoms with Crippen LogP contribution >= 0.6 is 0 Å². The van der Waals surface area contributed by atoms with Gasteiger partial charge in [-0.3, -0.25) is 5.43 Å². The lowest BCUT2D eigenvalue weighted by Crippen LogP contribution is -2.28. The molecule has 8 nitrogen and oxygen atoms in total. The van der Waals surface area contributed by atoms with Crippen LogP contribution in [0.3, 0.4) is 0 Å². The van der Waals surface area contributed by atoms with Crippen molar-refractivity contribution in [1.29, 1.82) is 0 Å². The number of rotatable bonds is 3. The van der Waals surface area contributed by atoms with Gasteiger partial charge < -0.3 is 4.90 Å². The fraction of sp³-hybridized carbons (Fsp3) is 0.538. The Balaban J connectivity index is 1.92. The Labute approximate surface area is 123 Å². The van der Waals surface area contributed by atoms with E-state index < -0.39 is 0 Å². The molecular formula is C13H20N8. The second kappa shape index (κ2) is 6.04. The van der Waals surface area contributed by atoms with Crippen molar-refractivity contribution in [2.45, 2.75) is 26.2 Å². The summed E-state index contributed by atoms with van der Waals surface area (Å²) in [7, 11) is 0. The molecule has 1 atom stereocenters. The molecule has 0 saturated carbocycles. The van der Waals surface area contributed by atoms with Crippen LogP contribution in [0.5, 0.6) is 0 Å². The van der Waals surface area contributed by atoms with E-state index >= 15 is 0 Å². The standard InChI is InChI=1S/C13H20N8/c1-10-4-2-7-20(9-5-10)12-16-11(19-14)17-13(18-12)21-8-3-6-15-21/h3,6,8,10H,2,4-5,7,9,14H2,1H3,(H,16,17,18,19). The predicted octanol–water partition coefficient (Wildman–Crippen LogP) is 0.969. The van der Waals surface area contributed by atoms with E-state index in [2.05, 4.69) is 37.3 Å². The second-order valence-electron chi connectivity index (χ2n) is 5.38. The molecule has 0 bridgehead atoms. The lowest BCUT2D eigenvalue weighted by atomic mass is 10.0. The average molecular weight is 288 g/mol. The minimum atomic E-state index is 0.350. The molecule has 3 N–H and O–H groups in total. The van der Waals surface area contributed by atoms with E-state index in [1.54, 1.807) is 17.1 Å². The predicted molar refractivity (Wildman–Crippen MR) is 80.0 cm³/mol. The number of aromatic nitrogens is 5. The highest BCUT2D eigenvalue weighted by Gasteiger charge is 2.18. The van der Waals surface area contributed by atoms with Crippen molar-refractivity contribution in [2.75, 3.05) is 23.4 Å². The van der Waals surface area contributed by atoms with Gasteiger partial charge in [-0.1, -0.05) is 6.92 Å². The van der Waals surface area contributed by atoms with Gasteiger partial charge in [-0.2, -0.15) is 20.1 Å². The third-order valence-electron chi connectivity index (χ3n) is 3.75. The Hall–Kier alpha value is -2.22. The van der Waals surface area contributed by atoms with Crippen molar-refractivity contribution in [3.8, 4) is 5.95 Å². The van der Waals surface area contributed by atoms with Crippen LogP contribution < -0.4 is 16.2 Å². The van der Waals surface area contributed by atoms with Gasteiger partial charge in [-0.25, -0.2) is 10.5 Å². The maximum atomic E-state index is 5.47. The molecule has 0 aromatic carbocycles. The molecule has 1 unspecified atom stereocenters. The number of hydrazine groups is 1. The molecule has 3 rings (SSSR count). The first-order valence-corrected chi connectivity index (χ1v) is 7.24. The summed E-state index contributed by atoms with van der Waals surface area (Å²) in [5.41, 5.74) is 2.50. The van der Waals surface area contributed by atoms with Gasteiger partial charge in [0.1, 0.15) is 0 Å². The van der Waals surface area contributed by atoms with E-state index in [4.69, 9.17) is 5.84 Å². The normalized spacial score (nSPS) is 19.3. The summed E-state index contributed by atoms with van der Waals surface area (Å²) in [6.07, 6.45) is 7.02. The van der Waals surface area contributed by atoms with Crippen molar-refractivity contribution >= 4 is 11.9 Å². The molecule has 0 aliphatic carbocycles. The summed E-state index contributed by atoms with van der Waals surface area (Å²) in [6.45, 7) is 4.20. The van der Waals surface area contributed by atoms with Crippen molar-refractivity contribution < 1.29 is 0 Å². The Bertz CT molecular complexity index is 582. The van der Waals surface area contributed by atoms with Crippen LogP contribution in [0.4, 0.5) is 11.9 Å². The summed E-state index contributed by atoms with van der Waals surface area (Å²) < 4.78 is 1.60. The van der Waals surface area contributed by atoms with Crippen molar-refractivity contribution in [3.05, 3.63) is 18.5 Å². The van der Waals surface area contributed by atoms with Gasteiger partial charge in [0.2, 0.25) is 11.9 Å². The molecule has 8 heteroatoms. The first-order chi connectivity index (χ1) is 10.3. The molecule has 2 aromatic rings. The van der Waals surface area contributed by atoms with Crippen LogP contribution in [0.25, 0.3) is 5.95 Å². The quantitative estimate of drug-likeness (QED) is 0.641. The fourth-order valence-corrected chi connectivity index (χ4v) is 2.51. The minimum Gasteiger partial charge on any atom is -0.341 e. The molecule has 1 fully saturated rings. The van der Waals surface area contributed by atoms with E-state index in [-0.39, 0.29) is 0 Å². The van der Waals surface area contributed by atoms with Crippen molar-refractivity contribution in [3.63, 3.8) is 0 Å². The van der Waals surface area contributed by atoms with Crippen LogP contribution in [-0.2, 0) is 0 Å². The van der Waals surface area contributed by atoms with Crippen LogP contribution in [0.1, 0.15) is 26.2 Å². The zero-order valence-electron chi connectivity index (χ0n) is 12.1. The molecule has 0 amide bonds. The average Bonchev–Trinajstić information content (AvgIpc) is 2.96. The van der Waals surface area contributed by atoms with E-state index in [9.17, 15) is 0 Å². The highest BCUT2D eigenvalue weighted by atomic mass is 15.4. The summed E-state index contributed by atoms with van der Waals surface area (Å²) in [6, 6.07) is 1.83. The maximum Gasteiger partial charge on any atom is 0.257 e. The van der Waals surface area contributed by atoms with E-state index in [0.29, 0.717) is 17.8 Å². The van der Waals surface area contributed by atoms with Crippen molar-refractivity contribution in [1.82, 2.24) is 24.7 Å². The molecule has 1 aliphatic heterocycles. The van der Waals surface area contributed by atoms with Gasteiger partial charge in [0.05, 0.1) is 0 Å². The molecule has 0 spiro atoms. The number of nitrogens with zero attached hydrogens (tertiary/aromatic N) is 6. The Morgan fingerprint density at radius 3 is 2.81 bits per heavy atom. The molecule has 1 saturated heterocycles. The van der Waals surface area contributed by atoms with Crippen LogP contribution in [0.2, 0.25) is 0 Å². The summed E-state index contributed by atoms with van der Waals surface area (Å²) in [5.74, 6) is 7.69. The SMILES string of the molecule is CC1CCCN(c2nc(NN)nc(-n3cccn3)n2)CC1. The molecule has 3 heterocycles. The topological polar surface area (TPSA) is 97.8 Å². The van der Waals surface area contributed by atoms with E-state index in [1.165, 1.54) is 6.42 Å². The van der Waals surface area contributed by atoms with Gasteiger partial charge >= 0.3 is 0 Å². The number of nitrogen functional groups attached to an aromatic ring is 1. The highest BCUT2D eigenvalue weighted by molar-refractivity contribution is 5.39. The zero-order valence-corrected chi connectivity index (χ0v) is 12.1. The van der Waals surface area contributed by atoms with Gasteiger partial charge in [0, 0.05) is 25.5 Å². The van der Waals surface area contributed by atoms with Crippen molar-refractivity contribution in [2.24, 2.45) is 11.8 Å². The van der Waals surface area contributed by atoms with Gasteiger partial charge in [0.25, 0.3) is 5.95 Å². The molecule has 2 aromatic heterocycles. The Morgan fingerprint density at radius 2 is 2.05 bits per heavy atom. The van der Waals surface area contributed by atoms with Crippen LogP contribution in [-0.4, -0.2) is 37.8 Å². The lowest BCUT2D eigenvalue weighted by Gasteiger charge is -2.21. The third-order valence-corrected chi connectivity index (χ3v) is 3.75. The largest absolute Gasteiger partial charge is 0.341 e. The summed E-state index contributed by atoms with van der Waals surface area (Å²) >= 11 is 0. The van der Waals surface area contributed by atoms with Gasteiger partial charge in [-0.15, -0.1) is 0 Å². The smallest absolute Gasteiger partial charge is 0.257 e. The minimum absolute atomic E-state index is 0.350. The molecule has 0 radical (unpaired) electrons. The third kappa shape index (κ3) is 3.10. The maximum absolute atomic E-state index is 5.47. The summed E-state index contributed by atoms with van der Waals surface area (Å²) in [4.78, 5) is 15.3. The second-order valence-corrected chi connectivity index (χ2v) is 5.38. The van der Waals surface area contributed by atoms with Gasteiger partial charge in [-0.05, 0) is 31.2 Å². The first kappa shape index (κ1) is 13.7. The molecule has 112 valence electrons. The number of hydrogen-bond donors (Lipinski definition) is 2. The number of hydrogen-bond acceptors (Lipinski definition) is 7. The molecule has 21 heavy (non-hydrogen) atoms.